The first-order valence-electron chi connectivity index (χ1n) is 16.5. The van der Waals surface area contributed by atoms with Gasteiger partial charge in [0.25, 0.3) is 0 Å². The van der Waals surface area contributed by atoms with Crippen molar-refractivity contribution in [1.82, 2.24) is 14.5 Å². The Bertz CT molecular complexity index is 2500. The van der Waals surface area contributed by atoms with Gasteiger partial charge in [0.15, 0.2) is 6.17 Å². The number of nitrogens with zero attached hydrogens (tertiary/aromatic N) is 4. The largest absolute Gasteiger partial charge is 0.456 e. The molecule has 0 saturated heterocycles. The predicted molar refractivity (Wildman–Crippen MR) is 188 cm³/mol. The van der Waals surface area contributed by atoms with E-state index in [-0.39, 0.29) is 17.3 Å². The van der Waals surface area contributed by atoms with Crippen molar-refractivity contribution in [3.05, 3.63) is 168 Å². The zero-order valence-corrected chi connectivity index (χ0v) is 26.5. The van der Waals surface area contributed by atoms with Crippen molar-refractivity contribution < 1.29 is 8.81 Å². The summed E-state index contributed by atoms with van der Waals surface area (Å²) in [6, 6.07) is 32.9. The summed E-state index contributed by atoms with van der Waals surface area (Å²) >= 11 is 0. The lowest BCUT2D eigenvalue weighted by Crippen LogP contribution is -2.31. The van der Waals surface area contributed by atoms with E-state index in [1.165, 1.54) is 5.56 Å². The fourth-order valence-corrected chi connectivity index (χ4v) is 8.20. The Kier molecular flexibility index (Phi) is 5.63. The topological polar surface area (TPSA) is 47.1 Å². The molecule has 0 N–H and O–H groups in total. The van der Waals surface area contributed by atoms with Crippen LogP contribution < -0.4 is 4.90 Å². The number of pyridine rings is 1. The summed E-state index contributed by atoms with van der Waals surface area (Å²) in [5.41, 5.74) is 9.11. The molecule has 0 spiro atoms. The first kappa shape index (κ1) is 27.4. The summed E-state index contributed by atoms with van der Waals surface area (Å²) in [5.74, 6) is 1.86. The van der Waals surface area contributed by atoms with Gasteiger partial charge in [-0.05, 0) is 64.7 Å². The number of allylic oxidation sites excluding steroid dienone is 4. The van der Waals surface area contributed by atoms with Gasteiger partial charge in [-0.25, -0.2) is 14.4 Å². The molecule has 4 aromatic carbocycles. The summed E-state index contributed by atoms with van der Waals surface area (Å²) < 4.78 is 25.3. The highest BCUT2D eigenvalue weighted by molar-refractivity contribution is 6.07. The zero-order chi connectivity index (χ0) is 32.1. The Balaban J connectivity index is 1.09. The summed E-state index contributed by atoms with van der Waals surface area (Å²) in [6.07, 6.45) is 10.5. The van der Waals surface area contributed by atoms with Crippen molar-refractivity contribution in [2.75, 3.05) is 4.90 Å². The third kappa shape index (κ3) is 3.77. The highest BCUT2D eigenvalue weighted by Gasteiger charge is 2.39. The number of anilines is 3. The number of fused-ring (bicyclic) bond motifs is 11. The molecule has 6 heteroatoms. The second-order valence-electron chi connectivity index (χ2n) is 13.5. The van der Waals surface area contributed by atoms with Gasteiger partial charge in [-0.3, -0.25) is 4.90 Å². The molecule has 0 fully saturated rings. The molecule has 5 nitrogen and oxygen atoms in total. The molecule has 3 aromatic heterocycles. The van der Waals surface area contributed by atoms with Crippen molar-refractivity contribution >= 4 is 39.1 Å². The van der Waals surface area contributed by atoms with Gasteiger partial charge in [-0.15, -0.1) is 0 Å². The van der Waals surface area contributed by atoms with Gasteiger partial charge < -0.3 is 8.98 Å². The Labute approximate surface area is 277 Å². The van der Waals surface area contributed by atoms with Gasteiger partial charge in [0, 0.05) is 57.9 Å². The molecule has 3 unspecified atom stereocenters. The number of halogens is 1. The first-order chi connectivity index (χ1) is 23.5. The number of hydrogen-bond acceptors (Lipinski definition) is 4. The standard InChI is InChI=1S/C42H31FN4O/c1-42(2)33-13-8-18-44-41(33)47(36-23-31-30-12-4-6-15-37(30)48-38(31)24-34(36)42)27-10-7-9-25(21-27)39(43)26-16-17-28-29-11-3-5-14-35(29)46-20-19-45-40(46)32(28)22-26/h3-24,28,32,39H,1-2H3. The van der Waals surface area contributed by atoms with Crippen LogP contribution in [0.2, 0.25) is 0 Å². The number of alkyl halides is 1. The van der Waals surface area contributed by atoms with Crippen LogP contribution in [-0.4, -0.2) is 14.5 Å². The number of rotatable bonds is 3. The second-order valence-corrected chi connectivity index (χ2v) is 13.5. The van der Waals surface area contributed by atoms with Gasteiger partial charge in [0.1, 0.15) is 22.8 Å². The van der Waals surface area contributed by atoms with E-state index in [1.807, 2.05) is 73.2 Å². The molecular formula is C42H31FN4O. The number of furan rings is 1. The van der Waals surface area contributed by atoms with E-state index >= 15 is 4.39 Å². The van der Waals surface area contributed by atoms with Crippen LogP contribution in [0.4, 0.5) is 21.6 Å². The maximum Gasteiger partial charge on any atom is 0.150 e. The molecule has 0 bridgehead atoms. The van der Waals surface area contributed by atoms with Crippen molar-refractivity contribution in [2.45, 2.75) is 37.3 Å². The monoisotopic (exact) mass is 626 g/mol. The molecule has 7 aromatic rings. The van der Waals surface area contributed by atoms with Crippen molar-refractivity contribution in [1.29, 1.82) is 0 Å². The lowest BCUT2D eigenvalue weighted by Gasteiger charge is -2.41. The van der Waals surface area contributed by atoms with E-state index in [1.54, 1.807) is 0 Å². The second kappa shape index (κ2) is 9.88. The highest BCUT2D eigenvalue weighted by atomic mass is 19.1. The Morgan fingerprint density at radius 2 is 1.65 bits per heavy atom. The number of hydrogen-bond donors (Lipinski definition) is 0. The Morgan fingerprint density at radius 3 is 2.58 bits per heavy atom. The minimum atomic E-state index is -1.31. The maximum absolute atomic E-state index is 16.8. The lowest BCUT2D eigenvalue weighted by molar-refractivity contribution is 0.397. The van der Waals surface area contributed by atoms with E-state index in [0.717, 1.165) is 61.8 Å². The van der Waals surface area contributed by atoms with E-state index < -0.39 is 6.17 Å². The third-order valence-electron chi connectivity index (χ3n) is 10.6. The normalized spacial score (nSPS) is 19.2. The molecule has 5 heterocycles. The average molecular weight is 627 g/mol. The molecule has 3 aliphatic rings. The molecule has 0 radical (unpaired) electrons. The van der Waals surface area contributed by atoms with Gasteiger partial charge in [0.05, 0.1) is 11.4 Å². The van der Waals surface area contributed by atoms with Crippen molar-refractivity contribution in [3.63, 3.8) is 0 Å². The Hall–Kier alpha value is -5.75. The summed E-state index contributed by atoms with van der Waals surface area (Å²) in [6.45, 7) is 4.46. The van der Waals surface area contributed by atoms with Crippen LogP contribution in [0.3, 0.4) is 0 Å². The third-order valence-corrected chi connectivity index (χ3v) is 10.6. The fourth-order valence-electron chi connectivity index (χ4n) is 8.20. The molecular weight excluding hydrogens is 595 g/mol. The number of aromatic nitrogens is 3. The van der Waals surface area contributed by atoms with Gasteiger partial charge in [-0.1, -0.05) is 86.7 Å². The number of para-hydroxylation sites is 2. The van der Waals surface area contributed by atoms with Gasteiger partial charge in [0.2, 0.25) is 0 Å². The van der Waals surface area contributed by atoms with Crippen LogP contribution in [0.15, 0.2) is 144 Å². The van der Waals surface area contributed by atoms with Crippen LogP contribution in [0.25, 0.3) is 27.6 Å². The summed E-state index contributed by atoms with van der Waals surface area (Å²) in [7, 11) is 0. The van der Waals surface area contributed by atoms with Crippen LogP contribution in [0.5, 0.6) is 0 Å². The van der Waals surface area contributed by atoms with Crippen LogP contribution in [0, 0.1) is 0 Å². The molecule has 48 heavy (non-hydrogen) atoms. The molecule has 0 saturated carbocycles. The minimum Gasteiger partial charge on any atom is -0.456 e. The molecule has 10 rings (SSSR count). The van der Waals surface area contributed by atoms with E-state index in [9.17, 15) is 0 Å². The van der Waals surface area contributed by atoms with E-state index in [4.69, 9.17) is 14.4 Å². The number of benzene rings is 4. The molecule has 3 atom stereocenters. The summed E-state index contributed by atoms with van der Waals surface area (Å²) in [5, 5.41) is 2.11. The van der Waals surface area contributed by atoms with E-state index in [0.29, 0.717) is 11.1 Å². The van der Waals surface area contributed by atoms with Crippen LogP contribution in [0.1, 0.15) is 59.9 Å². The molecule has 2 aliphatic heterocycles. The first-order valence-corrected chi connectivity index (χ1v) is 16.5. The SMILES string of the molecule is CC1(C)c2cc3oc4ccccc4c3cc2N(c2cccc(C(F)C3=CC4c5nccn5-c5ccccc5C4C=C3)c2)c2ncccc21. The van der Waals surface area contributed by atoms with Crippen LogP contribution >= 0.6 is 0 Å². The van der Waals surface area contributed by atoms with Crippen molar-refractivity contribution in [3.8, 4) is 5.69 Å². The van der Waals surface area contributed by atoms with E-state index in [2.05, 4.69) is 84.0 Å². The number of imidazole rings is 1. The zero-order valence-electron chi connectivity index (χ0n) is 26.5. The molecule has 232 valence electrons. The van der Waals surface area contributed by atoms with Gasteiger partial charge in [-0.2, -0.15) is 0 Å². The Morgan fingerprint density at radius 1 is 0.771 bits per heavy atom. The lowest BCUT2D eigenvalue weighted by atomic mass is 9.74. The quantitative estimate of drug-likeness (QED) is 0.196. The maximum atomic E-state index is 16.8. The average Bonchev–Trinajstić information content (AvgIpc) is 3.77. The summed E-state index contributed by atoms with van der Waals surface area (Å²) in [4.78, 5) is 11.8. The molecule has 1 aliphatic carbocycles. The van der Waals surface area contributed by atoms with Gasteiger partial charge >= 0.3 is 0 Å². The highest BCUT2D eigenvalue weighted by Crippen LogP contribution is 2.53. The minimum absolute atomic E-state index is 0.0456. The fraction of sp³-hybridized carbons (Fsp3) is 0.143. The smallest absolute Gasteiger partial charge is 0.150 e. The van der Waals surface area contributed by atoms with Crippen molar-refractivity contribution in [2.24, 2.45) is 0 Å². The predicted octanol–water partition coefficient (Wildman–Crippen LogP) is 10.7. The molecule has 0 amide bonds. The van der Waals surface area contributed by atoms with Crippen LogP contribution in [-0.2, 0) is 5.41 Å².